The van der Waals surface area contributed by atoms with Crippen LogP contribution < -0.4 is 0 Å². The summed E-state index contributed by atoms with van der Waals surface area (Å²) in [6, 6.07) is 0. The molecule has 0 aromatic carbocycles. The molecule has 1 heterocycles. The van der Waals surface area contributed by atoms with Crippen LogP contribution in [0.5, 0.6) is 0 Å². The van der Waals surface area contributed by atoms with Gasteiger partial charge >= 0.3 is 5.97 Å². The van der Waals surface area contributed by atoms with Crippen LogP contribution in [0.1, 0.15) is 50.1 Å². The van der Waals surface area contributed by atoms with Crippen molar-refractivity contribution in [2.45, 2.75) is 45.4 Å². The molecule has 1 aromatic rings. The van der Waals surface area contributed by atoms with Gasteiger partial charge in [0.1, 0.15) is 6.26 Å². The van der Waals surface area contributed by atoms with Gasteiger partial charge < -0.3 is 9.15 Å². The van der Waals surface area contributed by atoms with Gasteiger partial charge in [0.2, 0.25) is 5.89 Å². The molecule has 0 bridgehead atoms. The van der Waals surface area contributed by atoms with E-state index < -0.39 is 0 Å². The summed E-state index contributed by atoms with van der Waals surface area (Å²) < 4.78 is 10.4. The second-order valence-corrected chi connectivity index (χ2v) is 5.15. The highest BCUT2D eigenvalue weighted by atomic mass is 16.5. The first-order chi connectivity index (χ1) is 9.24. The molecule has 0 spiro atoms. The van der Waals surface area contributed by atoms with E-state index in [0.717, 1.165) is 5.69 Å². The van der Waals surface area contributed by atoms with E-state index >= 15 is 0 Å². The number of oxazole rings is 1. The average molecular weight is 263 g/mol. The summed E-state index contributed by atoms with van der Waals surface area (Å²) in [5.74, 6) is 0.646. The third-order valence-electron chi connectivity index (χ3n) is 3.43. The first kappa shape index (κ1) is 13.8. The Balaban J connectivity index is 1.73. The summed E-state index contributed by atoms with van der Waals surface area (Å²) in [6.45, 7) is 2.37. The topological polar surface area (TPSA) is 52.3 Å². The Hall–Kier alpha value is -1.58. The standard InChI is InChI=1S/C15H21NO3/c1-12-10-18-14(16-12)8-9-15(17)19-11-13-6-4-2-3-5-7-13/h8-10,13H,2-7,11H2,1H3/b9-8+. The summed E-state index contributed by atoms with van der Waals surface area (Å²) in [7, 11) is 0. The molecule has 104 valence electrons. The summed E-state index contributed by atoms with van der Waals surface area (Å²) >= 11 is 0. The minimum Gasteiger partial charge on any atom is -0.462 e. The summed E-state index contributed by atoms with van der Waals surface area (Å²) in [4.78, 5) is 15.7. The van der Waals surface area contributed by atoms with Crippen molar-refractivity contribution in [3.8, 4) is 0 Å². The molecule has 0 unspecified atom stereocenters. The van der Waals surface area contributed by atoms with Crippen LogP contribution in [0.15, 0.2) is 16.8 Å². The molecule has 0 radical (unpaired) electrons. The number of ether oxygens (including phenoxy) is 1. The van der Waals surface area contributed by atoms with Gasteiger partial charge in [-0.25, -0.2) is 9.78 Å². The minimum absolute atomic E-state index is 0.319. The lowest BCUT2D eigenvalue weighted by atomic mass is 10.0. The second-order valence-electron chi connectivity index (χ2n) is 5.15. The minimum atomic E-state index is -0.319. The molecule has 0 aliphatic heterocycles. The molecule has 0 N–H and O–H groups in total. The number of nitrogens with zero attached hydrogens (tertiary/aromatic N) is 1. The fourth-order valence-corrected chi connectivity index (χ4v) is 2.37. The zero-order valence-corrected chi connectivity index (χ0v) is 11.4. The number of carbonyl (C=O) groups is 1. The van der Waals surface area contributed by atoms with Crippen LogP contribution in [0.25, 0.3) is 6.08 Å². The van der Waals surface area contributed by atoms with Crippen LogP contribution in [0.2, 0.25) is 0 Å². The molecule has 0 saturated heterocycles. The Bertz CT molecular complexity index is 428. The van der Waals surface area contributed by atoms with E-state index in [1.54, 1.807) is 12.3 Å². The molecule has 1 aliphatic carbocycles. The van der Waals surface area contributed by atoms with Gasteiger partial charge in [0, 0.05) is 12.2 Å². The summed E-state index contributed by atoms with van der Waals surface area (Å²) in [5, 5.41) is 0. The van der Waals surface area contributed by atoms with Gasteiger partial charge in [-0.1, -0.05) is 25.7 Å². The average Bonchev–Trinajstić information content (AvgIpc) is 2.66. The third-order valence-corrected chi connectivity index (χ3v) is 3.43. The van der Waals surface area contributed by atoms with Gasteiger partial charge in [-0.05, 0) is 25.7 Å². The SMILES string of the molecule is Cc1coc(/C=C/C(=O)OCC2CCCCCC2)n1. The smallest absolute Gasteiger partial charge is 0.330 e. The van der Waals surface area contributed by atoms with Crippen LogP contribution in [0, 0.1) is 12.8 Å². The molecule has 19 heavy (non-hydrogen) atoms. The predicted octanol–water partition coefficient (Wildman–Crippen LogP) is 3.51. The third kappa shape index (κ3) is 4.89. The number of aryl methyl sites for hydroxylation is 1. The lowest BCUT2D eigenvalue weighted by Crippen LogP contribution is -2.12. The molecule has 1 fully saturated rings. The Kier molecular flexibility index (Phi) is 5.19. The number of rotatable bonds is 4. The van der Waals surface area contributed by atoms with Crippen molar-refractivity contribution < 1.29 is 13.9 Å². The molecule has 0 amide bonds. The number of carbonyl (C=O) groups excluding carboxylic acids is 1. The van der Waals surface area contributed by atoms with E-state index in [4.69, 9.17) is 9.15 Å². The van der Waals surface area contributed by atoms with Crippen LogP contribution in [0.3, 0.4) is 0 Å². The first-order valence-corrected chi connectivity index (χ1v) is 7.01. The second kappa shape index (κ2) is 7.12. The number of hydrogen-bond acceptors (Lipinski definition) is 4. The van der Waals surface area contributed by atoms with E-state index in [1.165, 1.54) is 44.6 Å². The van der Waals surface area contributed by atoms with Crippen molar-refractivity contribution in [1.82, 2.24) is 4.98 Å². The zero-order valence-electron chi connectivity index (χ0n) is 11.4. The summed E-state index contributed by atoms with van der Waals surface area (Å²) in [5.41, 5.74) is 0.798. The Labute approximate surface area is 113 Å². The highest BCUT2D eigenvalue weighted by Gasteiger charge is 2.13. The molecule has 4 heteroatoms. The number of hydrogen-bond donors (Lipinski definition) is 0. The molecule has 1 saturated carbocycles. The van der Waals surface area contributed by atoms with Crippen LogP contribution in [0.4, 0.5) is 0 Å². The maximum absolute atomic E-state index is 11.6. The predicted molar refractivity (Wildman–Crippen MR) is 72.4 cm³/mol. The molecule has 1 aromatic heterocycles. The Morgan fingerprint density at radius 2 is 2.16 bits per heavy atom. The van der Waals surface area contributed by atoms with E-state index in [0.29, 0.717) is 18.4 Å². The van der Waals surface area contributed by atoms with E-state index in [2.05, 4.69) is 4.98 Å². The zero-order chi connectivity index (χ0) is 13.5. The lowest BCUT2D eigenvalue weighted by Gasteiger charge is -2.12. The van der Waals surface area contributed by atoms with Gasteiger partial charge in [-0.15, -0.1) is 0 Å². The van der Waals surface area contributed by atoms with Gasteiger partial charge in [0.15, 0.2) is 0 Å². The van der Waals surface area contributed by atoms with Gasteiger partial charge in [0.05, 0.1) is 12.3 Å². The van der Waals surface area contributed by atoms with Crippen molar-refractivity contribution in [3.05, 3.63) is 23.9 Å². The van der Waals surface area contributed by atoms with E-state index in [1.807, 2.05) is 6.92 Å². The Morgan fingerprint density at radius 3 is 2.79 bits per heavy atom. The Morgan fingerprint density at radius 1 is 1.42 bits per heavy atom. The van der Waals surface area contributed by atoms with Crippen LogP contribution >= 0.6 is 0 Å². The monoisotopic (exact) mass is 263 g/mol. The van der Waals surface area contributed by atoms with E-state index in [9.17, 15) is 4.79 Å². The maximum Gasteiger partial charge on any atom is 0.330 e. The van der Waals surface area contributed by atoms with Gasteiger partial charge in [-0.2, -0.15) is 0 Å². The van der Waals surface area contributed by atoms with Gasteiger partial charge in [0.25, 0.3) is 0 Å². The largest absolute Gasteiger partial charge is 0.462 e. The lowest BCUT2D eigenvalue weighted by molar-refractivity contribution is -0.139. The van der Waals surface area contributed by atoms with Crippen molar-refractivity contribution in [1.29, 1.82) is 0 Å². The van der Waals surface area contributed by atoms with Crippen molar-refractivity contribution >= 4 is 12.0 Å². The maximum atomic E-state index is 11.6. The highest BCUT2D eigenvalue weighted by Crippen LogP contribution is 2.22. The molecule has 2 rings (SSSR count). The number of aromatic nitrogens is 1. The molecule has 1 aliphatic rings. The van der Waals surface area contributed by atoms with Crippen molar-refractivity contribution in [2.24, 2.45) is 5.92 Å². The highest BCUT2D eigenvalue weighted by molar-refractivity contribution is 5.86. The fraction of sp³-hybridized carbons (Fsp3) is 0.600. The van der Waals surface area contributed by atoms with Crippen molar-refractivity contribution in [3.63, 3.8) is 0 Å². The molecular weight excluding hydrogens is 242 g/mol. The quantitative estimate of drug-likeness (QED) is 0.474. The van der Waals surface area contributed by atoms with Crippen LogP contribution in [-0.4, -0.2) is 17.6 Å². The first-order valence-electron chi connectivity index (χ1n) is 7.01. The van der Waals surface area contributed by atoms with Crippen molar-refractivity contribution in [2.75, 3.05) is 6.61 Å². The normalized spacial score (nSPS) is 17.5. The molecular formula is C15H21NO3. The number of esters is 1. The fourth-order valence-electron chi connectivity index (χ4n) is 2.37. The van der Waals surface area contributed by atoms with Crippen LogP contribution in [-0.2, 0) is 9.53 Å². The molecule has 4 nitrogen and oxygen atoms in total. The van der Waals surface area contributed by atoms with E-state index in [-0.39, 0.29) is 5.97 Å². The molecule has 0 atom stereocenters. The summed E-state index contributed by atoms with van der Waals surface area (Å²) in [6.07, 6.45) is 12.0. The van der Waals surface area contributed by atoms with Gasteiger partial charge in [-0.3, -0.25) is 0 Å².